The molecule has 4 heteroatoms. The van der Waals surface area contributed by atoms with Crippen LogP contribution in [-0.2, 0) is 11.3 Å². The molecule has 0 aromatic carbocycles. The summed E-state index contributed by atoms with van der Waals surface area (Å²) in [6.45, 7) is 3.53. The summed E-state index contributed by atoms with van der Waals surface area (Å²) < 4.78 is 0. The number of nitrogens with zero attached hydrogens (tertiary/aromatic N) is 2. The second-order valence-corrected chi connectivity index (χ2v) is 5.39. The lowest BCUT2D eigenvalue weighted by Crippen LogP contribution is -2.45. The molecule has 3 rings (SSSR count). The molecule has 1 aromatic rings. The molecule has 4 nitrogen and oxygen atoms in total. The van der Waals surface area contributed by atoms with Crippen LogP contribution < -0.4 is 5.32 Å². The molecule has 1 amide bonds. The second kappa shape index (κ2) is 4.69. The standard InChI is InChI=1S/C14H19N3O/c18-13-14(4-1-6-16-11-14)5-9-17(13)10-12-2-7-15-8-3-12/h2-3,7-8,16H,1,4-6,9-11H2. The zero-order valence-corrected chi connectivity index (χ0v) is 10.6. The van der Waals surface area contributed by atoms with Crippen LogP contribution in [0.1, 0.15) is 24.8 Å². The van der Waals surface area contributed by atoms with Crippen LogP contribution in [0, 0.1) is 5.41 Å². The Hall–Kier alpha value is -1.42. The van der Waals surface area contributed by atoms with Crippen LogP contribution in [0.15, 0.2) is 24.5 Å². The summed E-state index contributed by atoms with van der Waals surface area (Å²) >= 11 is 0. The summed E-state index contributed by atoms with van der Waals surface area (Å²) in [5.74, 6) is 0.339. The monoisotopic (exact) mass is 245 g/mol. The smallest absolute Gasteiger partial charge is 0.230 e. The van der Waals surface area contributed by atoms with Crippen LogP contribution in [0.25, 0.3) is 0 Å². The Morgan fingerprint density at radius 1 is 1.33 bits per heavy atom. The van der Waals surface area contributed by atoms with Gasteiger partial charge in [-0.05, 0) is 43.5 Å². The maximum atomic E-state index is 12.6. The van der Waals surface area contributed by atoms with E-state index in [1.54, 1.807) is 12.4 Å². The third-order valence-corrected chi connectivity index (χ3v) is 4.20. The molecule has 2 aliphatic heterocycles. The molecule has 0 aliphatic carbocycles. The quantitative estimate of drug-likeness (QED) is 0.851. The van der Waals surface area contributed by atoms with Crippen molar-refractivity contribution >= 4 is 5.91 Å². The molecule has 2 fully saturated rings. The number of hydrogen-bond acceptors (Lipinski definition) is 3. The third kappa shape index (κ3) is 2.01. The number of rotatable bonds is 2. The van der Waals surface area contributed by atoms with Gasteiger partial charge in [0.25, 0.3) is 0 Å². The summed E-state index contributed by atoms with van der Waals surface area (Å²) in [5, 5.41) is 3.37. The van der Waals surface area contributed by atoms with Crippen molar-refractivity contribution in [1.82, 2.24) is 15.2 Å². The van der Waals surface area contributed by atoms with E-state index in [0.29, 0.717) is 5.91 Å². The molecule has 1 N–H and O–H groups in total. The van der Waals surface area contributed by atoms with Gasteiger partial charge in [-0.3, -0.25) is 9.78 Å². The Balaban J connectivity index is 1.71. The molecular weight excluding hydrogens is 226 g/mol. The van der Waals surface area contributed by atoms with E-state index in [1.165, 1.54) is 5.56 Å². The average Bonchev–Trinajstić information content (AvgIpc) is 2.71. The molecular formula is C14H19N3O. The second-order valence-electron chi connectivity index (χ2n) is 5.39. The highest BCUT2D eigenvalue weighted by molar-refractivity contribution is 5.85. The third-order valence-electron chi connectivity index (χ3n) is 4.20. The summed E-state index contributed by atoms with van der Waals surface area (Å²) in [6, 6.07) is 3.97. The molecule has 3 heterocycles. The molecule has 96 valence electrons. The Morgan fingerprint density at radius 3 is 2.89 bits per heavy atom. The molecule has 0 saturated carbocycles. The van der Waals surface area contributed by atoms with Crippen LogP contribution in [0.5, 0.6) is 0 Å². The first-order valence-electron chi connectivity index (χ1n) is 6.69. The van der Waals surface area contributed by atoms with E-state index < -0.39 is 0 Å². The van der Waals surface area contributed by atoms with Gasteiger partial charge in [0, 0.05) is 32.0 Å². The van der Waals surface area contributed by atoms with Crippen LogP contribution in [0.4, 0.5) is 0 Å². The molecule has 0 radical (unpaired) electrons. The topological polar surface area (TPSA) is 45.2 Å². The van der Waals surface area contributed by atoms with E-state index in [9.17, 15) is 4.79 Å². The number of amides is 1. The van der Waals surface area contributed by atoms with Crippen LogP contribution >= 0.6 is 0 Å². The van der Waals surface area contributed by atoms with E-state index in [-0.39, 0.29) is 5.41 Å². The molecule has 1 atom stereocenters. The average molecular weight is 245 g/mol. The van der Waals surface area contributed by atoms with E-state index in [0.717, 1.165) is 45.4 Å². The lowest BCUT2D eigenvalue weighted by Gasteiger charge is -2.32. The molecule has 2 saturated heterocycles. The minimum absolute atomic E-state index is 0.106. The van der Waals surface area contributed by atoms with Gasteiger partial charge in [-0.15, -0.1) is 0 Å². The summed E-state index contributed by atoms with van der Waals surface area (Å²) in [4.78, 5) is 18.6. The number of hydrogen-bond donors (Lipinski definition) is 1. The van der Waals surface area contributed by atoms with E-state index in [1.807, 2.05) is 17.0 Å². The fraction of sp³-hybridized carbons (Fsp3) is 0.571. The van der Waals surface area contributed by atoms with Crippen molar-refractivity contribution in [3.8, 4) is 0 Å². The van der Waals surface area contributed by atoms with Crippen molar-refractivity contribution in [2.24, 2.45) is 5.41 Å². The largest absolute Gasteiger partial charge is 0.338 e. The van der Waals surface area contributed by atoms with E-state index >= 15 is 0 Å². The van der Waals surface area contributed by atoms with Gasteiger partial charge in [0.2, 0.25) is 5.91 Å². The van der Waals surface area contributed by atoms with Gasteiger partial charge >= 0.3 is 0 Å². The highest BCUT2D eigenvalue weighted by Crippen LogP contribution is 2.38. The minimum atomic E-state index is -0.106. The Labute approximate surface area is 107 Å². The summed E-state index contributed by atoms with van der Waals surface area (Å²) in [6.07, 6.45) is 6.74. The van der Waals surface area contributed by atoms with Crippen molar-refractivity contribution in [2.45, 2.75) is 25.8 Å². The first-order chi connectivity index (χ1) is 8.80. The number of likely N-dealkylation sites (tertiary alicyclic amines) is 1. The SMILES string of the molecule is O=C1N(Cc2ccncc2)CCC12CCCNC2. The first-order valence-corrected chi connectivity index (χ1v) is 6.69. The lowest BCUT2D eigenvalue weighted by atomic mass is 9.79. The molecule has 0 bridgehead atoms. The van der Waals surface area contributed by atoms with Gasteiger partial charge in [0.15, 0.2) is 0 Å². The molecule has 1 aromatic heterocycles. The maximum Gasteiger partial charge on any atom is 0.230 e. The normalized spacial score (nSPS) is 28.0. The van der Waals surface area contributed by atoms with Gasteiger partial charge in [-0.1, -0.05) is 0 Å². The number of nitrogens with one attached hydrogen (secondary N) is 1. The summed E-state index contributed by atoms with van der Waals surface area (Å²) in [5.41, 5.74) is 1.06. The Morgan fingerprint density at radius 2 is 2.17 bits per heavy atom. The first kappa shape index (κ1) is 11.7. The van der Waals surface area contributed by atoms with Crippen LogP contribution in [-0.4, -0.2) is 35.4 Å². The number of pyridine rings is 1. The van der Waals surface area contributed by atoms with Crippen molar-refractivity contribution < 1.29 is 4.79 Å². The predicted molar refractivity (Wildman–Crippen MR) is 68.8 cm³/mol. The van der Waals surface area contributed by atoms with Crippen LogP contribution in [0.3, 0.4) is 0 Å². The zero-order chi connectivity index (χ0) is 12.4. The van der Waals surface area contributed by atoms with Gasteiger partial charge in [-0.2, -0.15) is 0 Å². The number of carbonyl (C=O) groups excluding carboxylic acids is 1. The fourth-order valence-electron chi connectivity index (χ4n) is 3.12. The van der Waals surface area contributed by atoms with Gasteiger partial charge < -0.3 is 10.2 Å². The number of carbonyl (C=O) groups is 1. The molecule has 2 aliphatic rings. The van der Waals surface area contributed by atoms with Crippen molar-refractivity contribution in [1.29, 1.82) is 0 Å². The molecule has 1 spiro atoms. The lowest BCUT2D eigenvalue weighted by molar-refractivity contribution is -0.137. The molecule has 18 heavy (non-hydrogen) atoms. The molecule has 1 unspecified atom stereocenters. The number of aromatic nitrogens is 1. The summed E-state index contributed by atoms with van der Waals surface area (Å²) in [7, 11) is 0. The maximum absolute atomic E-state index is 12.6. The van der Waals surface area contributed by atoms with Crippen molar-refractivity contribution in [3.05, 3.63) is 30.1 Å². The number of piperidine rings is 1. The van der Waals surface area contributed by atoms with Crippen LogP contribution in [0.2, 0.25) is 0 Å². The minimum Gasteiger partial charge on any atom is -0.338 e. The van der Waals surface area contributed by atoms with Crippen molar-refractivity contribution in [3.63, 3.8) is 0 Å². The van der Waals surface area contributed by atoms with Gasteiger partial charge in [0.05, 0.1) is 5.41 Å². The highest BCUT2D eigenvalue weighted by atomic mass is 16.2. The highest BCUT2D eigenvalue weighted by Gasteiger charge is 2.46. The van der Waals surface area contributed by atoms with E-state index in [2.05, 4.69) is 10.3 Å². The van der Waals surface area contributed by atoms with Gasteiger partial charge in [-0.25, -0.2) is 0 Å². The van der Waals surface area contributed by atoms with E-state index in [4.69, 9.17) is 0 Å². The van der Waals surface area contributed by atoms with Crippen molar-refractivity contribution in [2.75, 3.05) is 19.6 Å². The fourth-order valence-corrected chi connectivity index (χ4v) is 3.12. The van der Waals surface area contributed by atoms with Gasteiger partial charge in [0.1, 0.15) is 0 Å². The Bertz CT molecular complexity index is 426. The Kier molecular flexibility index (Phi) is 3.04. The zero-order valence-electron chi connectivity index (χ0n) is 10.6. The predicted octanol–water partition coefficient (Wildman–Crippen LogP) is 1.18.